The zero-order valence-electron chi connectivity index (χ0n) is 10.5. The molecular weight excluding hydrogens is 284 g/mol. The second kappa shape index (κ2) is 6.33. The first-order chi connectivity index (χ1) is 9.12. The molecule has 0 aliphatic carbocycles. The smallest absolute Gasteiger partial charge is 0.273 e. The predicted molar refractivity (Wildman–Crippen MR) is 74.7 cm³/mol. The summed E-state index contributed by atoms with van der Waals surface area (Å²) < 4.78 is 31.7. The highest BCUT2D eigenvalue weighted by Crippen LogP contribution is 2.13. The maximum Gasteiger partial charge on any atom is 0.273 e. The Balaban J connectivity index is 1.93. The van der Waals surface area contributed by atoms with Crippen molar-refractivity contribution in [2.45, 2.75) is 18.1 Å². The maximum absolute atomic E-state index is 12.0. The number of hydrogen-bond acceptors (Lipinski definition) is 5. The lowest BCUT2D eigenvalue weighted by Gasteiger charge is -2.03. The molecule has 0 saturated heterocycles. The van der Waals surface area contributed by atoms with Crippen LogP contribution in [0.2, 0.25) is 0 Å². The van der Waals surface area contributed by atoms with Gasteiger partial charge in [0.15, 0.2) is 0 Å². The maximum atomic E-state index is 12.0. The van der Waals surface area contributed by atoms with E-state index >= 15 is 0 Å². The van der Waals surface area contributed by atoms with Crippen molar-refractivity contribution in [1.82, 2.24) is 10.0 Å². The number of furan rings is 1. The topological polar surface area (TPSA) is 71.3 Å². The van der Waals surface area contributed by atoms with Crippen LogP contribution < -0.4 is 10.0 Å². The highest BCUT2D eigenvalue weighted by atomic mass is 32.2. The standard InChI is InChI=1S/C12H16N2O3S2/c1-13-8-11-2-3-12(17-11)19(15,16)14-6-4-10-5-7-18-9-10/h2-3,5,7,9,13-14H,4,6,8H2,1H3. The van der Waals surface area contributed by atoms with Gasteiger partial charge in [-0.2, -0.15) is 11.3 Å². The minimum atomic E-state index is -3.55. The van der Waals surface area contributed by atoms with Gasteiger partial charge in [-0.05, 0) is 48.0 Å². The number of thiophene rings is 1. The first kappa shape index (κ1) is 14.3. The summed E-state index contributed by atoms with van der Waals surface area (Å²) in [6.07, 6.45) is 0.673. The molecule has 0 amide bonds. The van der Waals surface area contributed by atoms with Gasteiger partial charge in [-0.1, -0.05) is 0 Å². The molecule has 0 bridgehead atoms. The number of hydrogen-bond donors (Lipinski definition) is 2. The lowest BCUT2D eigenvalue weighted by atomic mass is 10.2. The molecular formula is C12H16N2O3S2. The van der Waals surface area contributed by atoms with E-state index in [4.69, 9.17) is 4.42 Å². The van der Waals surface area contributed by atoms with Gasteiger partial charge in [-0.3, -0.25) is 0 Å². The van der Waals surface area contributed by atoms with E-state index in [2.05, 4.69) is 10.0 Å². The minimum absolute atomic E-state index is 0.0388. The number of sulfonamides is 1. The van der Waals surface area contributed by atoms with Crippen LogP contribution in [-0.4, -0.2) is 22.0 Å². The molecule has 0 saturated carbocycles. The largest absolute Gasteiger partial charge is 0.447 e. The Labute approximate surface area is 116 Å². The molecule has 0 aromatic carbocycles. The average molecular weight is 300 g/mol. The molecule has 2 rings (SSSR count). The number of nitrogens with one attached hydrogen (secondary N) is 2. The van der Waals surface area contributed by atoms with Crippen LogP contribution >= 0.6 is 11.3 Å². The van der Waals surface area contributed by atoms with Crippen LogP contribution in [0.4, 0.5) is 0 Å². The van der Waals surface area contributed by atoms with Crippen LogP contribution in [0.25, 0.3) is 0 Å². The van der Waals surface area contributed by atoms with Crippen LogP contribution in [0.15, 0.2) is 38.5 Å². The summed E-state index contributed by atoms with van der Waals surface area (Å²) >= 11 is 1.60. The first-order valence-corrected chi connectivity index (χ1v) is 8.28. The van der Waals surface area contributed by atoms with Crippen molar-refractivity contribution in [3.05, 3.63) is 40.3 Å². The monoisotopic (exact) mass is 300 g/mol. The fourth-order valence-corrected chi connectivity index (χ4v) is 3.29. The van der Waals surface area contributed by atoms with E-state index in [-0.39, 0.29) is 5.09 Å². The molecule has 104 valence electrons. The second-order valence-corrected chi connectivity index (χ2v) is 6.51. The van der Waals surface area contributed by atoms with Crippen molar-refractivity contribution in [2.24, 2.45) is 0 Å². The summed E-state index contributed by atoms with van der Waals surface area (Å²) in [7, 11) is -1.78. The lowest BCUT2D eigenvalue weighted by Crippen LogP contribution is -2.25. The fourth-order valence-electron chi connectivity index (χ4n) is 1.61. The summed E-state index contributed by atoms with van der Waals surface area (Å²) in [5, 5.41) is 6.84. The van der Waals surface area contributed by atoms with Crippen LogP contribution in [-0.2, 0) is 23.0 Å². The molecule has 2 aromatic heterocycles. The highest BCUT2D eigenvalue weighted by Gasteiger charge is 2.17. The molecule has 2 aromatic rings. The molecule has 0 fully saturated rings. The van der Waals surface area contributed by atoms with E-state index in [9.17, 15) is 8.42 Å². The van der Waals surface area contributed by atoms with E-state index in [0.717, 1.165) is 5.56 Å². The van der Waals surface area contributed by atoms with Gasteiger partial charge in [0.25, 0.3) is 10.0 Å². The summed E-state index contributed by atoms with van der Waals surface area (Å²) in [5.41, 5.74) is 1.13. The fraction of sp³-hybridized carbons (Fsp3) is 0.333. The Bertz CT molecular complexity index is 603. The molecule has 2 N–H and O–H groups in total. The van der Waals surface area contributed by atoms with Gasteiger partial charge >= 0.3 is 0 Å². The van der Waals surface area contributed by atoms with Crippen LogP contribution in [0.1, 0.15) is 11.3 Å². The number of rotatable bonds is 7. The third-order valence-electron chi connectivity index (χ3n) is 2.54. The molecule has 0 aliphatic rings. The van der Waals surface area contributed by atoms with Gasteiger partial charge in [-0.25, -0.2) is 13.1 Å². The van der Waals surface area contributed by atoms with Gasteiger partial charge in [0, 0.05) is 6.54 Å². The zero-order chi connectivity index (χ0) is 13.7. The van der Waals surface area contributed by atoms with Gasteiger partial charge in [-0.15, -0.1) is 0 Å². The van der Waals surface area contributed by atoms with Crippen LogP contribution in [0.5, 0.6) is 0 Å². The average Bonchev–Trinajstić information content (AvgIpc) is 3.00. The van der Waals surface area contributed by atoms with Crippen molar-refractivity contribution in [3.8, 4) is 0 Å². The van der Waals surface area contributed by atoms with E-state index in [1.165, 1.54) is 6.07 Å². The van der Waals surface area contributed by atoms with E-state index in [1.54, 1.807) is 24.5 Å². The molecule has 7 heteroatoms. The van der Waals surface area contributed by atoms with Crippen molar-refractivity contribution >= 4 is 21.4 Å². The molecule has 0 aliphatic heterocycles. The van der Waals surface area contributed by atoms with Gasteiger partial charge < -0.3 is 9.73 Å². The van der Waals surface area contributed by atoms with Gasteiger partial charge in [0.05, 0.1) is 6.54 Å². The van der Waals surface area contributed by atoms with E-state index in [1.807, 2.05) is 16.8 Å². The molecule has 0 unspecified atom stereocenters. The quantitative estimate of drug-likeness (QED) is 0.814. The predicted octanol–water partition coefficient (Wildman–Crippen LogP) is 1.58. The van der Waals surface area contributed by atoms with Gasteiger partial charge in [0.1, 0.15) is 5.76 Å². The third-order valence-corrected chi connectivity index (χ3v) is 4.60. The van der Waals surface area contributed by atoms with Crippen molar-refractivity contribution in [1.29, 1.82) is 0 Å². The summed E-state index contributed by atoms with van der Waals surface area (Å²) in [5.74, 6) is 0.598. The highest BCUT2D eigenvalue weighted by molar-refractivity contribution is 7.89. The van der Waals surface area contributed by atoms with E-state index < -0.39 is 10.0 Å². The Hall–Kier alpha value is -1.15. The van der Waals surface area contributed by atoms with Crippen LogP contribution in [0.3, 0.4) is 0 Å². The molecule has 19 heavy (non-hydrogen) atoms. The summed E-state index contributed by atoms with van der Waals surface area (Å²) in [6.45, 7) is 0.867. The Morgan fingerprint density at radius 2 is 2.16 bits per heavy atom. The van der Waals surface area contributed by atoms with Crippen molar-refractivity contribution in [2.75, 3.05) is 13.6 Å². The minimum Gasteiger partial charge on any atom is -0.447 e. The van der Waals surface area contributed by atoms with Crippen molar-refractivity contribution < 1.29 is 12.8 Å². The Morgan fingerprint density at radius 1 is 1.32 bits per heavy atom. The zero-order valence-corrected chi connectivity index (χ0v) is 12.2. The van der Waals surface area contributed by atoms with Crippen molar-refractivity contribution in [3.63, 3.8) is 0 Å². The molecule has 5 nitrogen and oxygen atoms in total. The SMILES string of the molecule is CNCc1ccc(S(=O)(=O)NCCc2ccsc2)o1. The molecule has 0 radical (unpaired) electrons. The summed E-state index contributed by atoms with van der Waals surface area (Å²) in [6, 6.07) is 5.11. The Kier molecular flexibility index (Phi) is 4.76. The lowest BCUT2D eigenvalue weighted by molar-refractivity contribution is 0.404. The molecule has 2 heterocycles. The summed E-state index contributed by atoms with van der Waals surface area (Å²) in [4.78, 5) is 0. The molecule has 0 spiro atoms. The van der Waals surface area contributed by atoms with E-state index in [0.29, 0.717) is 25.3 Å². The molecule has 0 atom stereocenters. The Morgan fingerprint density at radius 3 is 2.84 bits per heavy atom. The third kappa shape index (κ3) is 3.90. The van der Waals surface area contributed by atoms with Crippen LogP contribution in [0, 0.1) is 0 Å². The first-order valence-electron chi connectivity index (χ1n) is 5.86. The second-order valence-electron chi connectivity index (χ2n) is 4.03. The normalized spacial score (nSPS) is 11.8. The van der Waals surface area contributed by atoms with Gasteiger partial charge in [0.2, 0.25) is 5.09 Å².